The van der Waals surface area contributed by atoms with E-state index in [9.17, 15) is 0 Å². The smallest absolute Gasteiger partial charge is 0.201 e. The number of aromatic amines is 1. The third-order valence-corrected chi connectivity index (χ3v) is 2.50. The van der Waals surface area contributed by atoms with Gasteiger partial charge in [0.2, 0.25) is 5.95 Å². The number of nitrogen functional groups attached to an aromatic ring is 1. The maximum Gasteiger partial charge on any atom is 0.201 e. The van der Waals surface area contributed by atoms with Gasteiger partial charge < -0.3 is 20.8 Å². The maximum atomic E-state index is 5.71. The molecule has 0 unspecified atom stereocenters. The molecule has 2 rings (SSSR count). The van der Waals surface area contributed by atoms with Crippen molar-refractivity contribution < 1.29 is 4.74 Å². The Morgan fingerprint density at radius 2 is 2.28 bits per heavy atom. The van der Waals surface area contributed by atoms with Crippen LogP contribution in [0.3, 0.4) is 0 Å². The molecule has 0 spiro atoms. The first-order valence-electron chi connectivity index (χ1n) is 6.22. The van der Waals surface area contributed by atoms with Crippen molar-refractivity contribution in [1.82, 2.24) is 9.97 Å². The van der Waals surface area contributed by atoms with Crippen molar-refractivity contribution in [3.8, 4) is 0 Å². The zero-order valence-corrected chi connectivity index (χ0v) is 10.9. The average Bonchev–Trinajstić information content (AvgIpc) is 2.70. The molecule has 0 saturated heterocycles. The Morgan fingerprint density at radius 3 is 3.06 bits per heavy atom. The topological polar surface area (TPSA) is 76.0 Å². The molecule has 0 atom stereocenters. The Hall–Kier alpha value is -1.75. The van der Waals surface area contributed by atoms with Crippen LogP contribution in [0.15, 0.2) is 18.2 Å². The van der Waals surface area contributed by atoms with Crippen molar-refractivity contribution in [1.29, 1.82) is 0 Å². The molecule has 5 nitrogen and oxygen atoms in total. The quantitative estimate of drug-likeness (QED) is 0.541. The van der Waals surface area contributed by atoms with Crippen LogP contribution in [0.5, 0.6) is 0 Å². The number of nitrogens with one attached hydrogen (secondary N) is 2. The van der Waals surface area contributed by atoms with E-state index in [4.69, 9.17) is 10.5 Å². The second-order valence-electron chi connectivity index (χ2n) is 4.76. The van der Waals surface area contributed by atoms with Gasteiger partial charge in [0.1, 0.15) is 0 Å². The third kappa shape index (κ3) is 3.37. The number of nitrogens with two attached hydrogens (primary N) is 1. The second kappa shape index (κ2) is 5.73. The van der Waals surface area contributed by atoms with E-state index in [1.165, 1.54) is 0 Å². The maximum absolute atomic E-state index is 5.71. The lowest BCUT2D eigenvalue weighted by Gasteiger charge is -2.06. The number of imidazole rings is 1. The van der Waals surface area contributed by atoms with E-state index in [0.29, 0.717) is 12.5 Å². The summed E-state index contributed by atoms with van der Waals surface area (Å²) in [5.41, 5.74) is 8.30. The van der Waals surface area contributed by atoms with Gasteiger partial charge in [-0.3, -0.25) is 0 Å². The third-order valence-electron chi connectivity index (χ3n) is 2.50. The SMILES string of the molecule is CC(C)COCCNc1nc2ccc(N)cc2[nH]1. The molecule has 1 aromatic heterocycles. The van der Waals surface area contributed by atoms with E-state index < -0.39 is 0 Å². The fourth-order valence-electron chi connectivity index (χ4n) is 1.67. The normalized spacial score (nSPS) is 11.3. The van der Waals surface area contributed by atoms with Crippen LogP contribution in [0.2, 0.25) is 0 Å². The van der Waals surface area contributed by atoms with E-state index in [1.54, 1.807) is 0 Å². The monoisotopic (exact) mass is 248 g/mol. The van der Waals surface area contributed by atoms with Gasteiger partial charge in [-0.2, -0.15) is 0 Å². The summed E-state index contributed by atoms with van der Waals surface area (Å²) in [5, 5.41) is 3.19. The molecule has 0 aliphatic rings. The van der Waals surface area contributed by atoms with E-state index in [0.717, 1.165) is 35.8 Å². The van der Waals surface area contributed by atoms with Crippen LogP contribution in [0, 0.1) is 5.92 Å². The lowest BCUT2D eigenvalue weighted by molar-refractivity contribution is 0.118. The Labute approximate surface area is 107 Å². The highest BCUT2D eigenvalue weighted by Crippen LogP contribution is 2.16. The average molecular weight is 248 g/mol. The van der Waals surface area contributed by atoms with Crippen LogP contribution in [0.25, 0.3) is 11.0 Å². The molecule has 1 heterocycles. The molecule has 0 fully saturated rings. The van der Waals surface area contributed by atoms with Crippen LogP contribution in [-0.4, -0.2) is 29.7 Å². The van der Waals surface area contributed by atoms with Crippen molar-refractivity contribution in [3.05, 3.63) is 18.2 Å². The Balaban J connectivity index is 1.84. The number of fused-ring (bicyclic) bond motifs is 1. The number of ether oxygens (including phenoxy) is 1. The molecule has 2 aromatic rings. The van der Waals surface area contributed by atoms with Crippen LogP contribution < -0.4 is 11.1 Å². The highest BCUT2D eigenvalue weighted by atomic mass is 16.5. The second-order valence-corrected chi connectivity index (χ2v) is 4.76. The van der Waals surface area contributed by atoms with Gasteiger partial charge in [-0.05, 0) is 24.1 Å². The van der Waals surface area contributed by atoms with Crippen molar-refractivity contribution >= 4 is 22.7 Å². The first-order valence-corrected chi connectivity index (χ1v) is 6.22. The largest absolute Gasteiger partial charge is 0.399 e. The molecule has 5 heteroatoms. The van der Waals surface area contributed by atoms with E-state index >= 15 is 0 Å². The minimum Gasteiger partial charge on any atom is -0.399 e. The fraction of sp³-hybridized carbons (Fsp3) is 0.462. The van der Waals surface area contributed by atoms with Gasteiger partial charge in [0, 0.05) is 18.8 Å². The molecule has 98 valence electrons. The summed E-state index contributed by atoms with van der Waals surface area (Å²) in [4.78, 5) is 7.59. The molecule has 1 aromatic carbocycles. The van der Waals surface area contributed by atoms with Gasteiger partial charge in [-0.25, -0.2) is 4.98 Å². The number of rotatable bonds is 6. The summed E-state index contributed by atoms with van der Waals surface area (Å²) in [6.45, 7) is 6.48. The van der Waals surface area contributed by atoms with Crippen LogP contribution in [0.4, 0.5) is 11.6 Å². The van der Waals surface area contributed by atoms with Crippen LogP contribution in [-0.2, 0) is 4.74 Å². The van der Waals surface area contributed by atoms with E-state index in [-0.39, 0.29) is 0 Å². The summed E-state index contributed by atoms with van der Waals surface area (Å²) in [5.74, 6) is 1.32. The number of benzene rings is 1. The van der Waals surface area contributed by atoms with E-state index in [1.807, 2.05) is 18.2 Å². The molecule has 0 aliphatic carbocycles. The zero-order chi connectivity index (χ0) is 13.0. The molecule has 0 aliphatic heterocycles. The zero-order valence-electron chi connectivity index (χ0n) is 10.9. The standard InChI is InChI=1S/C13H20N4O/c1-9(2)8-18-6-5-15-13-16-11-4-3-10(14)7-12(11)17-13/h3-4,7,9H,5-6,8,14H2,1-2H3,(H2,15,16,17). The summed E-state index contributed by atoms with van der Waals surface area (Å²) in [6, 6.07) is 5.63. The predicted molar refractivity (Wildman–Crippen MR) is 74.7 cm³/mol. The van der Waals surface area contributed by atoms with Crippen molar-refractivity contribution in [2.75, 3.05) is 30.8 Å². The molecule has 18 heavy (non-hydrogen) atoms. The minimum atomic E-state index is 0.569. The molecule has 0 saturated carbocycles. The molecular weight excluding hydrogens is 228 g/mol. The Morgan fingerprint density at radius 1 is 1.44 bits per heavy atom. The highest BCUT2D eigenvalue weighted by molar-refractivity contribution is 5.80. The van der Waals surface area contributed by atoms with Gasteiger partial charge in [0.15, 0.2) is 0 Å². The number of H-pyrrole nitrogens is 1. The highest BCUT2D eigenvalue weighted by Gasteiger charge is 2.02. The van der Waals surface area contributed by atoms with Crippen molar-refractivity contribution in [2.24, 2.45) is 5.92 Å². The predicted octanol–water partition coefficient (Wildman–Crippen LogP) is 2.23. The Kier molecular flexibility index (Phi) is 4.04. The van der Waals surface area contributed by atoms with Crippen molar-refractivity contribution in [3.63, 3.8) is 0 Å². The van der Waals surface area contributed by atoms with Crippen LogP contribution in [0.1, 0.15) is 13.8 Å². The lowest BCUT2D eigenvalue weighted by Crippen LogP contribution is -2.12. The van der Waals surface area contributed by atoms with Gasteiger partial charge in [-0.1, -0.05) is 13.8 Å². The molecule has 0 radical (unpaired) electrons. The van der Waals surface area contributed by atoms with E-state index in [2.05, 4.69) is 29.1 Å². The first kappa shape index (κ1) is 12.7. The number of aromatic nitrogens is 2. The van der Waals surface area contributed by atoms with Crippen molar-refractivity contribution in [2.45, 2.75) is 13.8 Å². The summed E-state index contributed by atoms with van der Waals surface area (Å²) in [7, 11) is 0. The molecule has 0 amide bonds. The van der Waals surface area contributed by atoms with Gasteiger partial charge in [-0.15, -0.1) is 0 Å². The minimum absolute atomic E-state index is 0.569. The molecule has 0 bridgehead atoms. The van der Waals surface area contributed by atoms with Gasteiger partial charge >= 0.3 is 0 Å². The number of nitrogens with zero attached hydrogens (tertiary/aromatic N) is 1. The first-order chi connectivity index (χ1) is 8.65. The lowest BCUT2D eigenvalue weighted by atomic mass is 10.2. The van der Waals surface area contributed by atoms with Gasteiger partial charge in [0.05, 0.1) is 17.6 Å². The fourth-order valence-corrected chi connectivity index (χ4v) is 1.67. The molecular formula is C13H20N4O. The number of hydrogen-bond donors (Lipinski definition) is 3. The Bertz CT molecular complexity index is 507. The summed E-state index contributed by atoms with van der Waals surface area (Å²) >= 11 is 0. The number of anilines is 2. The summed E-state index contributed by atoms with van der Waals surface area (Å²) < 4.78 is 5.49. The summed E-state index contributed by atoms with van der Waals surface area (Å²) in [6.07, 6.45) is 0. The number of hydrogen-bond acceptors (Lipinski definition) is 4. The molecule has 4 N–H and O–H groups in total. The van der Waals surface area contributed by atoms with Gasteiger partial charge in [0.25, 0.3) is 0 Å². The van der Waals surface area contributed by atoms with Crippen LogP contribution >= 0.6 is 0 Å².